The van der Waals surface area contributed by atoms with Crippen LogP contribution in [-0.2, 0) is 0 Å². The van der Waals surface area contributed by atoms with E-state index in [-0.39, 0.29) is 0 Å². The Morgan fingerprint density at radius 1 is 1.86 bits per heavy atom. The molecule has 0 spiro atoms. The monoisotopic (exact) mass is 118 g/mol. The summed E-state index contributed by atoms with van der Waals surface area (Å²) in [5.41, 5.74) is -0.490. The zero-order valence-electron chi connectivity index (χ0n) is 4.33. The predicted octanol–water partition coefficient (Wildman–Crippen LogP) is 1.20. The van der Waals surface area contributed by atoms with Gasteiger partial charge < -0.3 is 5.11 Å². The van der Waals surface area contributed by atoms with Crippen molar-refractivity contribution in [2.45, 2.75) is 18.8 Å². The quantitative estimate of drug-likeness (QED) is 0.317. The minimum absolute atomic E-state index is 0.490. The van der Waals surface area contributed by atoms with Crippen LogP contribution in [0.5, 0.6) is 0 Å². The molecule has 1 atom stereocenters. The lowest BCUT2D eigenvalue weighted by Gasteiger charge is -1.92. The minimum Gasteiger partial charge on any atom is -0.382 e. The Labute approximate surface area is 49.5 Å². The van der Waals surface area contributed by atoms with Crippen LogP contribution in [0.25, 0.3) is 0 Å². The summed E-state index contributed by atoms with van der Waals surface area (Å²) >= 11 is 3.74. The highest BCUT2D eigenvalue weighted by Gasteiger charge is 1.86. The second-order valence-electron chi connectivity index (χ2n) is 1.29. The molecule has 0 saturated heterocycles. The van der Waals surface area contributed by atoms with Gasteiger partial charge in [-0.25, -0.2) is 0 Å². The highest BCUT2D eigenvalue weighted by atomic mass is 32.1. The van der Waals surface area contributed by atoms with Crippen LogP contribution in [0.1, 0.15) is 13.3 Å². The van der Waals surface area contributed by atoms with Crippen LogP contribution in [0.4, 0.5) is 0 Å². The van der Waals surface area contributed by atoms with Gasteiger partial charge in [0.1, 0.15) is 0 Å². The van der Waals surface area contributed by atoms with Crippen molar-refractivity contribution < 1.29 is 5.11 Å². The van der Waals surface area contributed by atoms with Gasteiger partial charge in [-0.1, -0.05) is 12.2 Å². The maximum absolute atomic E-state index is 8.50. The summed E-state index contributed by atoms with van der Waals surface area (Å²) < 4.78 is 0. The smallest absolute Gasteiger partial charge is 0.0999 e. The molecule has 0 aromatic carbocycles. The van der Waals surface area contributed by atoms with E-state index in [1.807, 2.05) is 19.1 Å². The number of rotatable bonds is 2. The van der Waals surface area contributed by atoms with E-state index < -0.39 is 5.44 Å². The van der Waals surface area contributed by atoms with Crippen LogP contribution < -0.4 is 0 Å². The molecule has 0 aliphatic heterocycles. The SMILES string of the molecule is CC=CCC(O)S. The van der Waals surface area contributed by atoms with E-state index >= 15 is 0 Å². The molecule has 1 unspecified atom stereocenters. The number of thiol groups is 1. The molecule has 2 heteroatoms. The first-order valence-corrected chi connectivity index (χ1v) is 2.76. The number of aliphatic hydroxyl groups is 1. The van der Waals surface area contributed by atoms with Crippen molar-refractivity contribution in [3.05, 3.63) is 12.2 Å². The lowest BCUT2D eigenvalue weighted by atomic mass is 10.4. The van der Waals surface area contributed by atoms with Crippen LogP contribution >= 0.6 is 12.6 Å². The molecule has 42 valence electrons. The average Bonchev–Trinajstić information content (AvgIpc) is 1.61. The molecule has 0 saturated carbocycles. The van der Waals surface area contributed by atoms with Gasteiger partial charge in [-0.2, -0.15) is 0 Å². The molecule has 0 aromatic rings. The largest absolute Gasteiger partial charge is 0.382 e. The summed E-state index contributed by atoms with van der Waals surface area (Å²) in [7, 11) is 0. The fourth-order valence-corrected chi connectivity index (χ4v) is 0.380. The second-order valence-corrected chi connectivity index (χ2v) is 1.88. The summed E-state index contributed by atoms with van der Waals surface area (Å²) in [6.07, 6.45) is 4.40. The molecular formula is C5H10OS. The topological polar surface area (TPSA) is 20.2 Å². The predicted molar refractivity (Wildman–Crippen MR) is 34.4 cm³/mol. The molecule has 7 heavy (non-hydrogen) atoms. The third kappa shape index (κ3) is 6.05. The van der Waals surface area contributed by atoms with E-state index in [0.717, 1.165) is 0 Å². The minimum atomic E-state index is -0.490. The van der Waals surface area contributed by atoms with Gasteiger partial charge in [0.2, 0.25) is 0 Å². The maximum Gasteiger partial charge on any atom is 0.0999 e. The van der Waals surface area contributed by atoms with Crippen molar-refractivity contribution in [3.63, 3.8) is 0 Å². The first kappa shape index (κ1) is 7.05. The highest BCUT2D eigenvalue weighted by Crippen LogP contribution is 1.95. The molecule has 0 heterocycles. The van der Waals surface area contributed by atoms with Gasteiger partial charge in [0, 0.05) is 6.42 Å². The highest BCUT2D eigenvalue weighted by molar-refractivity contribution is 7.80. The second kappa shape index (κ2) is 4.22. The Balaban J connectivity index is 2.97. The van der Waals surface area contributed by atoms with Gasteiger partial charge in [0.05, 0.1) is 5.44 Å². The third-order valence-corrected chi connectivity index (χ3v) is 0.793. The molecule has 1 nitrogen and oxygen atoms in total. The molecule has 0 aliphatic carbocycles. The van der Waals surface area contributed by atoms with Gasteiger partial charge in [-0.05, 0) is 6.92 Å². The van der Waals surface area contributed by atoms with Crippen molar-refractivity contribution in [3.8, 4) is 0 Å². The average molecular weight is 118 g/mol. The van der Waals surface area contributed by atoms with Gasteiger partial charge in [0.25, 0.3) is 0 Å². The first-order valence-electron chi connectivity index (χ1n) is 2.24. The van der Waals surface area contributed by atoms with E-state index in [1.165, 1.54) is 0 Å². The fraction of sp³-hybridized carbons (Fsp3) is 0.600. The van der Waals surface area contributed by atoms with Crippen LogP contribution in [0.2, 0.25) is 0 Å². The Bertz CT molecular complexity index is 59.1. The molecule has 0 amide bonds. The number of allylic oxidation sites excluding steroid dienone is 1. The van der Waals surface area contributed by atoms with Crippen LogP contribution in [0.3, 0.4) is 0 Å². The van der Waals surface area contributed by atoms with Crippen LogP contribution in [-0.4, -0.2) is 10.5 Å². The summed E-state index contributed by atoms with van der Waals surface area (Å²) in [6.45, 7) is 1.91. The zero-order chi connectivity index (χ0) is 5.70. The summed E-state index contributed by atoms with van der Waals surface area (Å²) in [4.78, 5) is 0. The number of aliphatic hydroxyl groups excluding tert-OH is 1. The van der Waals surface area contributed by atoms with Crippen molar-refractivity contribution in [1.82, 2.24) is 0 Å². The Kier molecular flexibility index (Phi) is 4.25. The lowest BCUT2D eigenvalue weighted by Crippen LogP contribution is -1.90. The normalized spacial score (nSPS) is 15.3. The maximum atomic E-state index is 8.50. The molecular weight excluding hydrogens is 108 g/mol. The fourth-order valence-electron chi connectivity index (χ4n) is 0.258. The van der Waals surface area contributed by atoms with E-state index in [9.17, 15) is 0 Å². The standard InChI is InChI=1S/C5H10OS/c1-2-3-4-5(6)7/h2-3,5-7H,4H2,1H3. The third-order valence-electron chi connectivity index (χ3n) is 0.583. The molecule has 0 aliphatic rings. The Morgan fingerprint density at radius 2 is 2.43 bits per heavy atom. The van der Waals surface area contributed by atoms with Gasteiger partial charge in [-0.3, -0.25) is 0 Å². The Hall–Kier alpha value is 0.0500. The van der Waals surface area contributed by atoms with E-state index in [4.69, 9.17) is 5.11 Å². The summed E-state index contributed by atoms with van der Waals surface area (Å²) in [6, 6.07) is 0. The molecule has 0 fully saturated rings. The number of hydrogen-bond acceptors (Lipinski definition) is 2. The van der Waals surface area contributed by atoms with E-state index in [2.05, 4.69) is 12.6 Å². The summed E-state index contributed by atoms with van der Waals surface area (Å²) in [5, 5.41) is 8.50. The van der Waals surface area contributed by atoms with Crippen molar-refractivity contribution in [1.29, 1.82) is 0 Å². The molecule has 0 bridgehead atoms. The van der Waals surface area contributed by atoms with Crippen LogP contribution in [0.15, 0.2) is 12.2 Å². The van der Waals surface area contributed by atoms with Crippen LogP contribution in [0, 0.1) is 0 Å². The molecule has 0 radical (unpaired) electrons. The molecule has 0 aromatic heterocycles. The molecule has 1 N–H and O–H groups in total. The lowest BCUT2D eigenvalue weighted by molar-refractivity contribution is 0.269. The van der Waals surface area contributed by atoms with Gasteiger partial charge in [-0.15, -0.1) is 12.6 Å². The summed E-state index contributed by atoms with van der Waals surface area (Å²) in [5.74, 6) is 0. The van der Waals surface area contributed by atoms with E-state index in [0.29, 0.717) is 6.42 Å². The van der Waals surface area contributed by atoms with Crippen molar-refractivity contribution in [2.75, 3.05) is 0 Å². The Morgan fingerprint density at radius 3 is 2.57 bits per heavy atom. The number of hydrogen-bond donors (Lipinski definition) is 2. The van der Waals surface area contributed by atoms with Gasteiger partial charge >= 0.3 is 0 Å². The van der Waals surface area contributed by atoms with Crippen molar-refractivity contribution in [2.24, 2.45) is 0 Å². The van der Waals surface area contributed by atoms with E-state index in [1.54, 1.807) is 0 Å². The van der Waals surface area contributed by atoms with Gasteiger partial charge in [0.15, 0.2) is 0 Å². The molecule has 0 rings (SSSR count). The first-order chi connectivity index (χ1) is 3.27. The zero-order valence-corrected chi connectivity index (χ0v) is 5.23. The van der Waals surface area contributed by atoms with Crippen molar-refractivity contribution >= 4 is 12.6 Å².